The van der Waals surface area contributed by atoms with E-state index < -0.39 is 29.2 Å². The van der Waals surface area contributed by atoms with Crippen molar-refractivity contribution in [1.29, 1.82) is 0 Å². The number of thiazole rings is 2. The summed E-state index contributed by atoms with van der Waals surface area (Å²) in [5.74, 6) is -2.60. The van der Waals surface area contributed by atoms with Crippen LogP contribution in [-0.2, 0) is 19.2 Å². The minimum Gasteiger partial charge on any atom is -0.543 e. The van der Waals surface area contributed by atoms with Gasteiger partial charge in [-0.25, -0.2) is 9.97 Å². The minimum absolute atomic E-state index is 0. The minimum atomic E-state index is -1.52. The number of aromatic nitrogens is 2. The molecule has 0 aromatic carbocycles. The zero-order chi connectivity index (χ0) is 24.6. The fourth-order valence-corrected chi connectivity index (χ4v) is 6.37. The monoisotopic (exact) mass is 582 g/mol. The van der Waals surface area contributed by atoms with Crippen molar-refractivity contribution >= 4 is 92.3 Å². The molecule has 11 nitrogen and oxygen atoms in total. The molecule has 2 aromatic heterocycles. The predicted octanol–water partition coefficient (Wildman–Crippen LogP) is -2.04. The Balaban J connectivity index is 0.00000342. The van der Waals surface area contributed by atoms with Crippen LogP contribution in [0.25, 0.3) is 6.08 Å². The van der Waals surface area contributed by atoms with Gasteiger partial charge < -0.3 is 25.8 Å². The van der Waals surface area contributed by atoms with Gasteiger partial charge in [0, 0.05) is 11.1 Å². The number of allylic oxidation sites excluding steroid dienone is 1. The smallest absolute Gasteiger partial charge is 0.543 e. The molecule has 0 saturated carbocycles. The third kappa shape index (κ3) is 5.69. The molecule has 3 N–H and O–H groups in total. The molecule has 2 aliphatic rings. The van der Waals surface area contributed by atoms with E-state index in [9.17, 15) is 19.5 Å². The number of thioether (sulfide) groups is 1. The number of rotatable bonds is 7. The number of carbonyl (C=O) groups is 3. The Morgan fingerprint density at radius 1 is 1.37 bits per heavy atom. The standard InChI is InChI=1S/C18H14Cl2N6O5S3.Na/c1-31-25-9(7-5-33-18(21)22-7)13(27)23-10-14(28)26-11(16(29)30)6(4-32-15(10)26)2-3-8-12(19)24-17(20)34-8;/h2-3,5,10,15H,4H2,1H3,(H2,21,22)(H,23,27)(H,29,30);/q;+1/p-1/t10?,15-;/m1./s1. The third-order valence-corrected chi connectivity index (χ3v) is 8.16. The average Bonchev–Trinajstić information content (AvgIpc) is 3.36. The Kier molecular flexibility index (Phi) is 9.26. The van der Waals surface area contributed by atoms with Gasteiger partial charge in [0.2, 0.25) is 0 Å². The van der Waals surface area contributed by atoms with Crippen molar-refractivity contribution < 1.29 is 53.9 Å². The summed E-state index contributed by atoms with van der Waals surface area (Å²) in [6.45, 7) is 0. The molecule has 17 heteroatoms. The number of aliphatic carboxylic acids is 1. The average molecular weight is 583 g/mol. The van der Waals surface area contributed by atoms with E-state index in [0.717, 1.165) is 27.6 Å². The Bertz CT molecular complexity index is 1280. The fraction of sp³-hybridized carbons (Fsp3) is 0.222. The van der Waals surface area contributed by atoms with Crippen molar-refractivity contribution in [3.63, 3.8) is 0 Å². The van der Waals surface area contributed by atoms with Crippen molar-refractivity contribution in [3.05, 3.63) is 42.9 Å². The summed E-state index contributed by atoms with van der Waals surface area (Å²) >= 11 is 15.3. The number of fused-ring (bicyclic) bond motifs is 1. The molecule has 1 saturated heterocycles. The second-order valence-electron chi connectivity index (χ2n) is 6.67. The number of nitrogens with two attached hydrogens (primary N) is 1. The zero-order valence-electron chi connectivity index (χ0n) is 18.0. The maximum Gasteiger partial charge on any atom is 1.00 e. The predicted molar refractivity (Wildman–Crippen MR) is 128 cm³/mol. The molecular formula is C18H13Cl2N6NaO5S3. The number of anilines is 1. The topological polar surface area (TPSA) is 163 Å². The van der Waals surface area contributed by atoms with Crippen LogP contribution >= 0.6 is 57.6 Å². The molecule has 4 heterocycles. The summed E-state index contributed by atoms with van der Waals surface area (Å²) in [5.41, 5.74) is 5.71. The molecule has 2 aromatic rings. The van der Waals surface area contributed by atoms with Gasteiger partial charge in [-0.05, 0) is 11.6 Å². The molecule has 2 amide bonds. The van der Waals surface area contributed by atoms with Crippen molar-refractivity contribution in [2.75, 3.05) is 18.6 Å². The van der Waals surface area contributed by atoms with Crippen LogP contribution in [0.15, 0.2) is 27.9 Å². The molecule has 0 aliphatic carbocycles. The summed E-state index contributed by atoms with van der Waals surface area (Å²) in [4.78, 5) is 51.7. The van der Waals surface area contributed by atoms with Gasteiger partial charge in [0.15, 0.2) is 15.3 Å². The van der Waals surface area contributed by atoms with E-state index in [2.05, 4.69) is 20.4 Å². The van der Waals surface area contributed by atoms with Gasteiger partial charge >= 0.3 is 29.6 Å². The van der Waals surface area contributed by atoms with Crippen LogP contribution in [0.5, 0.6) is 0 Å². The normalized spacial score (nSPS) is 19.8. The molecule has 0 radical (unpaired) electrons. The number of hydrogen-bond acceptors (Lipinski definition) is 12. The van der Waals surface area contributed by atoms with Crippen molar-refractivity contribution in [3.8, 4) is 0 Å². The summed E-state index contributed by atoms with van der Waals surface area (Å²) in [6.07, 6.45) is 3.10. The summed E-state index contributed by atoms with van der Waals surface area (Å²) in [6, 6.07) is -0.981. The number of halogens is 2. The van der Waals surface area contributed by atoms with Crippen LogP contribution in [0.2, 0.25) is 9.62 Å². The van der Waals surface area contributed by atoms with E-state index in [1.807, 2.05) is 0 Å². The van der Waals surface area contributed by atoms with Crippen LogP contribution < -0.4 is 45.7 Å². The SMILES string of the molecule is CON=C(C(=O)NC1C(=O)N2C(C(=O)[O-])=C(C=Cc3sc(Cl)nc3Cl)CS[C@H]12)c1csc(N)n1.[Na+]. The number of β-lactam (4-membered cyclic amide) rings is 1. The van der Waals surface area contributed by atoms with Crippen LogP contribution in [0.3, 0.4) is 0 Å². The summed E-state index contributed by atoms with van der Waals surface area (Å²) in [7, 11) is 1.26. The number of hydrogen-bond donors (Lipinski definition) is 2. The molecule has 2 atom stereocenters. The quantitative estimate of drug-likeness (QED) is 0.162. The third-order valence-electron chi connectivity index (χ3n) is 4.66. The van der Waals surface area contributed by atoms with Crippen molar-refractivity contribution in [1.82, 2.24) is 20.2 Å². The summed E-state index contributed by atoms with van der Waals surface area (Å²) in [5, 5.41) is 19.4. The zero-order valence-corrected chi connectivity index (χ0v) is 23.9. The molecule has 4 rings (SSSR count). The van der Waals surface area contributed by atoms with Gasteiger partial charge in [0.05, 0.1) is 16.5 Å². The number of amides is 2. The molecule has 178 valence electrons. The number of carbonyl (C=O) groups excluding carboxylic acids is 3. The number of nitrogens with one attached hydrogen (secondary N) is 1. The first kappa shape index (κ1) is 27.9. The molecule has 1 fully saturated rings. The first-order chi connectivity index (χ1) is 16.2. The molecule has 35 heavy (non-hydrogen) atoms. The van der Waals surface area contributed by atoms with Gasteiger partial charge in [-0.2, -0.15) is 0 Å². The van der Waals surface area contributed by atoms with E-state index in [1.54, 1.807) is 6.08 Å². The number of carboxylic acids is 1. The molecule has 0 spiro atoms. The van der Waals surface area contributed by atoms with Crippen LogP contribution in [-0.4, -0.2) is 62.6 Å². The van der Waals surface area contributed by atoms with Crippen molar-refractivity contribution in [2.45, 2.75) is 11.4 Å². The Labute approximate surface area is 242 Å². The molecule has 1 unspecified atom stereocenters. The van der Waals surface area contributed by atoms with Crippen molar-refractivity contribution in [2.24, 2.45) is 5.16 Å². The number of nitrogen functional groups attached to an aromatic ring is 1. The largest absolute Gasteiger partial charge is 1.00 e. The van der Waals surface area contributed by atoms with E-state index >= 15 is 0 Å². The van der Waals surface area contributed by atoms with Gasteiger partial charge in [-0.15, -0.1) is 34.4 Å². The van der Waals surface area contributed by atoms with E-state index in [0.29, 0.717) is 10.5 Å². The first-order valence-corrected chi connectivity index (χ1v) is 12.7. The second kappa shape index (κ2) is 11.6. The molecular weight excluding hydrogens is 570 g/mol. The van der Waals surface area contributed by atoms with Gasteiger partial charge in [-0.1, -0.05) is 34.4 Å². The number of nitrogens with zero attached hydrogens (tertiary/aromatic N) is 4. The second-order valence-corrected chi connectivity index (χ2v) is 10.6. The maximum absolute atomic E-state index is 12.8. The Morgan fingerprint density at radius 2 is 2.11 bits per heavy atom. The molecule has 0 bridgehead atoms. The van der Waals surface area contributed by atoms with Gasteiger partial charge in [0.1, 0.15) is 29.4 Å². The van der Waals surface area contributed by atoms with E-state index in [1.165, 1.54) is 30.3 Å². The maximum atomic E-state index is 12.8. The first-order valence-electron chi connectivity index (χ1n) is 9.23. The van der Waals surface area contributed by atoms with Crippen LogP contribution in [0.4, 0.5) is 5.13 Å². The van der Waals surface area contributed by atoms with Crippen LogP contribution in [0, 0.1) is 0 Å². The van der Waals surface area contributed by atoms with E-state index in [-0.39, 0.29) is 67.2 Å². The van der Waals surface area contributed by atoms with Crippen LogP contribution in [0.1, 0.15) is 10.6 Å². The van der Waals surface area contributed by atoms with Gasteiger partial charge in [-0.3, -0.25) is 14.5 Å². The molecule has 2 aliphatic heterocycles. The van der Waals surface area contributed by atoms with Gasteiger partial charge in [0.25, 0.3) is 11.8 Å². The number of carboxylic acid groups (broad SMARTS) is 1. The number of oxime groups is 1. The fourth-order valence-electron chi connectivity index (χ4n) is 3.23. The Morgan fingerprint density at radius 3 is 2.69 bits per heavy atom. The Hall–Kier alpha value is -1.65. The summed E-state index contributed by atoms with van der Waals surface area (Å²) < 4.78 is 0.241. The van der Waals surface area contributed by atoms with E-state index in [4.69, 9.17) is 33.8 Å².